The Morgan fingerprint density at radius 1 is 1.53 bits per heavy atom. The van der Waals surface area contributed by atoms with Crippen LogP contribution in [-0.2, 0) is 11.2 Å². The number of nitrogen functional groups attached to an aromatic ring is 1. The van der Waals surface area contributed by atoms with Gasteiger partial charge >= 0.3 is 0 Å². The number of aryl methyl sites for hydroxylation is 1. The lowest BCUT2D eigenvalue weighted by atomic mass is 10.1. The predicted molar refractivity (Wildman–Crippen MR) is 71.0 cm³/mol. The lowest BCUT2D eigenvalue weighted by molar-refractivity contribution is 0.182. The molecule has 1 aliphatic carbocycles. The Hall–Kier alpha value is -1.06. The minimum absolute atomic E-state index is 0.484. The smallest absolute Gasteiger partial charge is 0.0476 e. The molecule has 3 N–H and O–H groups in total. The second kappa shape index (κ2) is 5.52. The van der Waals surface area contributed by atoms with E-state index in [9.17, 15) is 0 Å². The Balaban J connectivity index is 1.97. The second-order valence-corrected chi connectivity index (χ2v) is 4.90. The van der Waals surface area contributed by atoms with Crippen molar-refractivity contribution in [2.45, 2.75) is 38.3 Å². The van der Waals surface area contributed by atoms with E-state index in [4.69, 9.17) is 10.5 Å². The topological polar surface area (TPSA) is 47.3 Å². The molecule has 1 aromatic rings. The minimum atomic E-state index is 0.484. The highest BCUT2D eigenvalue weighted by Crippen LogP contribution is 2.32. The van der Waals surface area contributed by atoms with E-state index >= 15 is 0 Å². The van der Waals surface area contributed by atoms with Gasteiger partial charge in [-0.05, 0) is 49.4 Å². The van der Waals surface area contributed by atoms with Crippen molar-refractivity contribution in [2.75, 3.05) is 19.5 Å². The van der Waals surface area contributed by atoms with E-state index in [0.29, 0.717) is 12.1 Å². The average Bonchev–Trinajstić information content (AvgIpc) is 2.69. The molecule has 0 radical (unpaired) electrons. The monoisotopic (exact) mass is 234 g/mol. The first-order valence-electron chi connectivity index (χ1n) is 6.34. The third-order valence-electron chi connectivity index (χ3n) is 3.49. The number of rotatable bonds is 5. The lowest BCUT2D eigenvalue weighted by Crippen LogP contribution is -2.30. The number of methoxy groups -OCH3 is 1. The first kappa shape index (κ1) is 12.4. The van der Waals surface area contributed by atoms with Crippen LogP contribution in [0.1, 0.15) is 36.9 Å². The predicted octanol–water partition coefficient (Wildman–Crippen LogP) is 2.27. The van der Waals surface area contributed by atoms with Crippen molar-refractivity contribution in [3.8, 4) is 0 Å². The number of benzene rings is 1. The number of hydrogen-bond donors (Lipinski definition) is 2. The fourth-order valence-corrected chi connectivity index (χ4v) is 2.53. The molecule has 0 fully saturated rings. The van der Waals surface area contributed by atoms with Crippen LogP contribution in [0.5, 0.6) is 0 Å². The molecule has 17 heavy (non-hydrogen) atoms. The summed E-state index contributed by atoms with van der Waals surface area (Å²) in [6, 6.07) is 7.24. The van der Waals surface area contributed by atoms with Crippen molar-refractivity contribution in [2.24, 2.45) is 0 Å². The van der Waals surface area contributed by atoms with Gasteiger partial charge in [0.15, 0.2) is 0 Å². The number of fused-ring (bicyclic) bond motifs is 1. The van der Waals surface area contributed by atoms with Crippen LogP contribution in [0.4, 0.5) is 5.69 Å². The number of nitrogens with two attached hydrogens (primary N) is 1. The number of anilines is 1. The van der Waals surface area contributed by atoms with Crippen LogP contribution in [0, 0.1) is 0 Å². The van der Waals surface area contributed by atoms with Gasteiger partial charge in [-0.1, -0.05) is 6.07 Å². The van der Waals surface area contributed by atoms with Crippen LogP contribution in [0.3, 0.4) is 0 Å². The molecule has 0 saturated heterocycles. The van der Waals surface area contributed by atoms with Gasteiger partial charge in [-0.3, -0.25) is 0 Å². The van der Waals surface area contributed by atoms with E-state index in [1.54, 1.807) is 7.11 Å². The molecule has 2 unspecified atom stereocenters. The third kappa shape index (κ3) is 2.99. The minimum Gasteiger partial charge on any atom is -0.399 e. The summed E-state index contributed by atoms with van der Waals surface area (Å²) in [5.74, 6) is 0. The first-order valence-corrected chi connectivity index (χ1v) is 6.34. The maximum atomic E-state index is 5.81. The lowest BCUT2D eigenvalue weighted by Gasteiger charge is -2.20. The molecule has 1 aromatic carbocycles. The SMILES string of the molecule is COCCC(C)NC1CCc2cc(N)ccc21. The van der Waals surface area contributed by atoms with Gasteiger partial charge in [-0.15, -0.1) is 0 Å². The van der Waals surface area contributed by atoms with Gasteiger partial charge in [0.25, 0.3) is 0 Å². The van der Waals surface area contributed by atoms with Crippen molar-refractivity contribution >= 4 is 5.69 Å². The molecule has 3 nitrogen and oxygen atoms in total. The Bertz CT molecular complexity index is 378. The van der Waals surface area contributed by atoms with Gasteiger partial charge in [0, 0.05) is 31.5 Å². The largest absolute Gasteiger partial charge is 0.399 e. The molecule has 0 heterocycles. The molecule has 2 rings (SSSR count). The summed E-state index contributed by atoms with van der Waals surface area (Å²) in [4.78, 5) is 0. The maximum absolute atomic E-state index is 5.81. The first-order chi connectivity index (χ1) is 8.20. The molecule has 0 amide bonds. The summed E-state index contributed by atoms with van der Waals surface area (Å²) in [5.41, 5.74) is 9.50. The molecule has 0 spiro atoms. The van der Waals surface area contributed by atoms with Gasteiger partial charge in [0.2, 0.25) is 0 Å². The Morgan fingerprint density at radius 3 is 3.12 bits per heavy atom. The van der Waals surface area contributed by atoms with Gasteiger partial charge in [-0.25, -0.2) is 0 Å². The van der Waals surface area contributed by atoms with Crippen molar-refractivity contribution < 1.29 is 4.74 Å². The van der Waals surface area contributed by atoms with Gasteiger partial charge < -0.3 is 15.8 Å². The van der Waals surface area contributed by atoms with E-state index < -0.39 is 0 Å². The van der Waals surface area contributed by atoms with Crippen molar-refractivity contribution in [1.82, 2.24) is 5.32 Å². The van der Waals surface area contributed by atoms with Crippen LogP contribution < -0.4 is 11.1 Å². The van der Waals surface area contributed by atoms with Crippen LogP contribution in [-0.4, -0.2) is 19.8 Å². The molecule has 0 saturated carbocycles. The standard InChI is InChI=1S/C14H22N2O/c1-10(7-8-17-2)16-14-6-3-11-9-12(15)4-5-13(11)14/h4-5,9-10,14,16H,3,6-8,15H2,1-2H3. The number of nitrogens with one attached hydrogen (secondary N) is 1. The highest BCUT2D eigenvalue weighted by molar-refractivity contribution is 5.47. The van der Waals surface area contributed by atoms with Crippen molar-refractivity contribution in [3.63, 3.8) is 0 Å². The molecule has 94 valence electrons. The van der Waals surface area contributed by atoms with Crippen LogP contribution in [0.2, 0.25) is 0 Å². The van der Waals surface area contributed by atoms with Crippen LogP contribution in [0.15, 0.2) is 18.2 Å². The highest BCUT2D eigenvalue weighted by atomic mass is 16.5. The van der Waals surface area contributed by atoms with Gasteiger partial charge in [-0.2, -0.15) is 0 Å². The van der Waals surface area contributed by atoms with E-state index in [2.05, 4.69) is 24.4 Å². The molecule has 0 aromatic heterocycles. The molecule has 1 aliphatic rings. The quantitative estimate of drug-likeness (QED) is 0.768. The van der Waals surface area contributed by atoms with Crippen LogP contribution in [0.25, 0.3) is 0 Å². The maximum Gasteiger partial charge on any atom is 0.0476 e. The van der Waals surface area contributed by atoms with Crippen LogP contribution >= 0.6 is 0 Å². The zero-order valence-electron chi connectivity index (χ0n) is 10.7. The molecule has 0 bridgehead atoms. The Morgan fingerprint density at radius 2 is 2.35 bits per heavy atom. The Labute approximate surface area is 103 Å². The fourth-order valence-electron chi connectivity index (χ4n) is 2.53. The molecule has 0 aliphatic heterocycles. The van der Waals surface area contributed by atoms with E-state index in [1.165, 1.54) is 17.5 Å². The molecule has 2 atom stereocenters. The zero-order chi connectivity index (χ0) is 12.3. The highest BCUT2D eigenvalue weighted by Gasteiger charge is 2.23. The fraction of sp³-hybridized carbons (Fsp3) is 0.571. The van der Waals surface area contributed by atoms with E-state index in [1.807, 2.05) is 6.07 Å². The summed E-state index contributed by atoms with van der Waals surface area (Å²) >= 11 is 0. The van der Waals surface area contributed by atoms with E-state index in [0.717, 1.165) is 25.1 Å². The average molecular weight is 234 g/mol. The summed E-state index contributed by atoms with van der Waals surface area (Å²) < 4.78 is 5.11. The van der Waals surface area contributed by atoms with Gasteiger partial charge in [0.1, 0.15) is 0 Å². The third-order valence-corrected chi connectivity index (χ3v) is 3.49. The normalized spacial score (nSPS) is 20.2. The van der Waals surface area contributed by atoms with Gasteiger partial charge in [0.05, 0.1) is 0 Å². The Kier molecular flexibility index (Phi) is 4.02. The molecule has 3 heteroatoms. The summed E-state index contributed by atoms with van der Waals surface area (Å²) in [7, 11) is 1.75. The molecular weight excluding hydrogens is 212 g/mol. The van der Waals surface area contributed by atoms with E-state index in [-0.39, 0.29) is 0 Å². The summed E-state index contributed by atoms with van der Waals surface area (Å²) in [5, 5.41) is 3.67. The van der Waals surface area contributed by atoms with Crippen molar-refractivity contribution in [1.29, 1.82) is 0 Å². The zero-order valence-corrected chi connectivity index (χ0v) is 10.7. The molecular formula is C14H22N2O. The number of ether oxygens (including phenoxy) is 1. The second-order valence-electron chi connectivity index (χ2n) is 4.90. The summed E-state index contributed by atoms with van der Waals surface area (Å²) in [6.07, 6.45) is 3.36. The van der Waals surface area contributed by atoms with Crippen molar-refractivity contribution in [3.05, 3.63) is 29.3 Å². The summed E-state index contributed by atoms with van der Waals surface area (Å²) in [6.45, 7) is 3.03. The number of hydrogen-bond acceptors (Lipinski definition) is 3.